The number of benzene rings is 2. The Balaban J connectivity index is 1.67. The van der Waals surface area contributed by atoms with Gasteiger partial charge in [-0.2, -0.15) is 0 Å². The second-order valence-electron chi connectivity index (χ2n) is 6.26. The van der Waals surface area contributed by atoms with Crippen LogP contribution in [0.5, 0.6) is 11.5 Å². The first-order chi connectivity index (χ1) is 14.4. The quantitative estimate of drug-likeness (QED) is 0.264. The number of hydrogen-bond donors (Lipinski definition) is 0. The van der Waals surface area contributed by atoms with Crippen LogP contribution in [0.3, 0.4) is 0 Å². The molecule has 0 bridgehead atoms. The molecule has 0 unspecified atom stereocenters. The Morgan fingerprint density at radius 2 is 1.53 bits per heavy atom. The first kappa shape index (κ1) is 20.4. The molecule has 0 N–H and O–H groups in total. The highest BCUT2D eigenvalue weighted by Crippen LogP contribution is 2.24. The largest absolute Gasteiger partial charge is 0.448 e. The summed E-state index contributed by atoms with van der Waals surface area (Å²) < 4.78 is 16.0. The van der Waals surface area contributed by atoms with Gasteiger partial charge in [-0.15, -0.1) is 0 Å². The van der Waals surface area contributed by atoms with Crippen molar-refractivity contribution in [3.8, 4) is 34.7 Å². The summed E-state index contributed by atoms with van der Waals surface area (Å²) in [6.07, 6.45) is 1.10. The Morgan fingerprint density at radius 3 is 2.17 bits per heavy atom. The highest BCUT2D eigenvalue weighted by molar-refractivity contribution is 5.88. The molecule has 0 aliphatic carbocycles. The topological polar surface area (TPSA) is 65.7 Å². The Kier molecular flexibility index (Phi) is 6.31. The van der Waals surface area contributed by atoms with Crippen LogP contribution in [0.4, 0.5) is 0 Å². The van der Waals surface area contributed by atoms with E-state index < -0.39 is 11.9 Å². The van der Waals surface area contributed by atoms with Crippen LogP contribution < -0.4 is 9.47 Å². The van der Waals surface area contributed by atoms with Gasteiger partial charge >= 0.3 is 11.9 Å². The zero-order chi connectivity index (χ0) is 21.5. The maximum atomic E-state index is 11.5. The molecule has 148 valence electrons. The molecule has 0 aliphatic heterocycles. The fraction of sp³-hybridized carbons (Fsp3) is 0.0400. The summed E-state index contributed by atoms with van der Waals surface area (Å²) in [5.74, 6) is 6.97. The lowest BCUT2D eigenvalue weighted by Crippen LogP contribution is -2.07. The predicted octanol–water partition coefficient (Wildman–Crippen LogP) is 4.92. The standard InChI is InChI=1S/C25H18O5/c1-4-24(26)29-21-13-8-19(9-14-21)23-16-15-20(28-23)10-5-18-6-11-22(12-7-18)30-25(27)17(2)3/h4,6-9,11-16H,1-2H2,3H3. The van der Waals surface area contributed by atoms with Gasteiger partial charge in [0.15, 0.2) is 5.76 Å². The van der Waals surface area contributed by atoms with Gasteiger partial charge < -0.3 is 13.9 Å². The van der Waals surface area contributed by atoms with Crippen LogP contribution in [0.25, 0.3) is 11.3 Å². The zero-order valence-electron chi connectivity index (χ0n) is 16.3. The van der Waals surface area contributed by atoms with Gasteiger partial charge in [-0.05, 0) is 73.5 Å². The minimum atomic E-state index is -0.514. The van der Waals surface area contributed by atoms with E-state index in [1.807, 2.05) is 6.07 Å². The smallest absolute Gasteiger partial charge is 0.338 e. The maximum Gasteiger partial charge on any atom is 0.338 e. The van der Waals surface area contributed by atoms with Crippen molar-refractivity contribution in [2.45, 2.75) is 6.92 Å². The van der Waals surface area contributed by atoms with Gasteiger partial charge in [-0.1, -0.05) is 19.1 Å². The molecule has 0 fully saturated rings. The van der Waals surface area contributed by atoms with E-state index >= 15 is 0 Å². The van der Waals surface area contributed by atoms with Gasteiger partial charge in [0, 0.05) is 22.8 Å². The number of carbonyl (C=O) groups is 2. The maximum absolute atomic E-state index is 11.5. The molecule has 30 heavy (non-hydrogen) atoms. The van der Waals surface area contributed by atoms with E-state index in [0.717, 1.165) is 17.2 Å². The summed E-state index contributed by atoms with van der Waals surface area (Å²) in [6.45, 7) is 8.49. The van der Waals surface area contributed by atoms with Crippen molar-refractivity contribution >= 4 is 11.9 Å². The molecule has 1 heterocycles. The van der Waals surface area contributed by atoms with E-state index in [1.165, 1.54) is 0 Å². The lowest BCUT2D eigenvalue weighted by atomic mass is 10.2. The molecule has 3 aromatic rings. The third kappa shape index (κ3) is 5.37. The van der Waals surface area contributed by atoms with Crippen molar-refractivity contribution in [2.75, 3.05) is 0 Å². The van der Waals surface area contributed by atoms with E-state index in [2.05, 4.69) is 25.0 Å². The zero-order valence-corrected chi connectivity index (χ0v) is 16.3. The molecule has 5 nitrogen and oxygen atoms in total. The average Bonchev–Trinajstić information content (AvgIpc) is 3.22. The van der Waals surface area contributed by atoms with Gasteiger partial charge in [-0.3, -0.25) is 0 Å². The molecule has 0 aliphatic rings. The lowest BCUT2D eigenvalue weighted by molar-refractivity contribution is -0.130. The predicted molar refractivity (Wildman–Crippen MR) is 113 cm³/mol. The number of carbonyl (C=O) groups excluding carboxylic acids is 2. The molecule has 1 aromatic heterocycles. The van der Waals surface area contributed by atoms with Crippen molar-refractivity contribution in [1.29, 1.82) is 0 Å². The van der Waals surface area contributed by atoms with Crippen LogP contribution in [0.2, 0.25) is 0 Å². The fourth-order valence-corrected chi connectivity index (χ4v) is 2.34. The Bertz CT molecular complexity index is 1150. The van der Waals surface area contributed by atoms with Crippen LogP contribution in [0, 0.1) is 11.8 Å². The number of hydrogen-bond acceptors (Lipinski definition) is 5. The van der Waals surface area contributed by atoms with Crippen molar-refractivity contribution in [3.63, 3.8) is 0 Å². The molecule has 0 saturated heterocycles. The van der Waals surface area contributed by atoms with E-state index in [4.69, 9.17) is 13.9 Å². The van der Waals surface area contributed by atoms with Crippen LogP contribution in [0.15, 0.2) is 89.9 Å². The van der Waals surface area contributed by atoms with E-state index in [0.29, 0.717) is 28.6 Å². The summed E-state index contributed by atoms with van der Waals surface area (Å²) in [6, 6.07) is 17.3. The first-order valence-electron chi connectivity index (χ1n) is 8.99. The first-order valence-corrected chi connectivity index (χ1v) is 8.99. The highest BCUT2D eigenvalue weighted by Gasteiger charge is 2.06. The van der Waals surface area contributed by atoms with Gasteiger partial charge in [0.1, 0.15) is 17.3 Å². The monoisotopic (exact) mass is 398 g/mol. The molecule has 0 atom stereocenters. The summed E-state index contributed by atoms with van der Waals surface area (Å²) in [7, 11) is 0. The summed E-state index contributed by atoms with van der Waals surface area (Å²) in [5.41, 5.74) is 1.90. The summed E-state index contributed by atoms with van der Waals surface area (Å²) in [4.78, 5) is 22.7. The lowest BCUT2D eigenvalue weighted by Gasteiger charge is -2.02. The number of ether oxygens (including phenoxy) is 2. The number of esters is 2. The molecule has 0 saturated carbocycles. The van der Waals surface area contributed by atoms with Crippen LogP contribution >= 0.6 is 0 Å². The Labute approximate surface area is 174 Å². The number of rotatable bonds is 5. The third-order valence-electron chi connectivity index (χ3n) is 3.87. The molecule has 2 aromatic carbocycles. The van der Waals surface area contributed by atoms with Crippen LogP contribution in [-0.4, -0.2) is 11.9 Å². The molecule has 0 amide bonds. The van der Waals surface area contributed by atoms with Gasteiger partial charge in [0.25, 0.3) is 0 Å². The van der Waals surface area contributed by atoms with Crippen molar-refractivity contribution in [3.05, 3.63) is 96.8 Å². The van der Waals surface area contributed by atoms with Crippen LogP contribution in [0.1, 0.15) is 18.2 Å². The highest BCUT2D eigenvalue weighted by atomic mass is 16.5. The van der Waals surface area contributed by atoms with Crippen molar-refractivity contribution in [2.24, 2.45) is 0 Å². The molecule has 0 spiro atoms. The molecule has 0 radical (unpaired) electrons. The minimum absolute atomic E-state index is 0.333. The molecule has 3 rings (SSSR count). The second kappa shape index (κ2) is 9.26. The van der Waals surface area contributed by atoms with Gasteiger partial charge in [0.2, 0.25) is 0 Å². The Morgan fingerprint density at radius 1 is 0.900 bits per heavy atom. The summed E-state index contributed by atoms with van der Waals surface area (Å²) >= 11 is 0. The third-order valence-corrected chi connectivity index (χ3v) is 3.87. The van der Waals surface area contributed by atoms with E-state index in [9.17, 15) is 9.59 Å². The fourth-order valence-electron chi connectivity index (χ4n) is 2.34. The van der Waals surface area contributed by atoms with Crippen LogP contribution in [-0.2, 0) is 9.59 Å². The van der Waals surface area contributed by atoms with E-state index in [1.54, 1.807) is 61.5 Å². The van der Waals surface area contributed by atoms with Crippen molar-refractivity contribution < 1.29 is 23.5 Å². The van der Waals surface area contributed by atoms with Crippen molar-refractivity contribution in [1.82, 2.24) is 0 Å². The number of furan rings is 1. The van der Waals surface area contributed by atoms with Gasteiger partial charge in [-0.25, -0.2) is 9.59 Å². The summed E-state index contributed by atoms with van der Waals surface area (Å²) in [5, 5.41) is 0. The normalized spacial score (nSPS) is 9.77. The minimum Gasteiger partial charge on any atom is -0.448 e. The van der Waals surface area contributed by atoms with E-state index in [-0.39, 0.29) is 0 Å². The average molecular weight is 398 g/mol. The van der Waals surface area contributed by atoms with Gasteiger partial charge in [0.05, 0.1) is 0 Å². The Hall–Kier alpha value is -4.30. The second-order valence-corrected chi connectivity index (χ2v) is 6.26. The SMILES string of the molecule is C=CC(=O)Oc1ccc(-c2ccc(C#Cc3ccc(OC(=O)C(=C)C)cc3)o2)cc1. The molecular weight excluding hydrogens is 380 g/mol. The molecule has 5 heteroatoms. The molecular formula is C25H18O5.